The van der Waals surface area contributed by atoms with Gasteiger partial charge in [-0.05, 0) is 50.2 Å². The Kier molecular flexibility index (Phi) is 5.96. The molecule has 1 saturated heterocycles. The number of aromatic nitrogens is 1. The molecule has 0 aromatic carbocycles. The zero-order valence-corrected chi connectivity index (χ0v) is 15.1. The first-order chi connectivity index (χ1) is 11.0. The standard InChI is InChI=1S/C17H25N3O2S/c1-5-6-7-20-16(21)15(18-17(20)23)11-14-10-12(2)19(13(14)3)8-9-22-4/h10-11H,5-9H2,1-4H3,(H,18,23). The van der Waals surface area contributed by atoms with Crippen LogP contribution >= 0.6 is 12.2 Å². The van der Waals surface area contributed by atoms with E-state index < -0.39 is 0 Å². The van der Waals surface area contributed by atoms with Crippen molar-refractivity contribution in [2.45, 2.75) is 40.2 Å². The predicted octanol–water partition coefficient (Wildman–Crippen LogP) is 2.61. The van der Waals surface area contributed by atoms with E-state index in [9.17, 15) is 4.79 Å². The average molecular weight is 335 g/mol. The third kappa shape index (κ3) is 3.82. The van der Waals surface area contributed by atoms with Gasteiger partial charge in [-0.2, -0.15) is 0 Å². The van der Waals surface area contributed by atoms with E-state index in [1.54, 1.807) is 12.0 Å². The van der Waals surface area contributed by atoms with Crippen molar-refractivity contribution >= 4 is 29.3 Å². The van der Waals surface area contributed by atoms with Crippen molar-refractivity contribution in [3.05, 3.63) is 28.7 Å². The van der Waals surface area contributed by atoms with E-state index in [2.05, 4.69) is 36.7 Å². The summed E-state index contributed by atoms with van der Waals surface area (Å²) >= 11 is 5.28. The lowest BCUT2D eigenvalue weighted by atomic mass is 10.2. The maximum atomic E-state index is 12.5. The molecule has 126 valence electrons. The first-order valence-corrected chi connectivity index (χ1v) is 8.40. The van der Waals surface area contributed by atoms with Crippen molar-refractivity contribution < 1.29 is 9.53 Å². The molecule has 23 heavy (non-hydrogen) atoms. The van der Waals surface area contributed by atoms with Crippen LogP contribution in [-0.2, 0) is 16.1 Å². The Morgan fingerprint density at radius 1 is 1.35 bits per heavy atom. The minimum atomic E-state index is -0.0369. The summed E-state index contributed by atoms with van der Waals surface area (Å²) in [7, 11) is 1.70. The maximum absolute atomic E-state index is 12.5. The fourth-order valence-electron chi connectivity index (χ4n) is 2.75. The molecule has 1 aromatic rings. The average Bonchev–Trinajstić information content (AvgIpc) is 2.93. The van der Waals surface area contributed by atoms with Crippen LogP contribution in [0.5, 0.6) is 0 Å². The van der Waals surface area contributed by atoms with Gasteiger partial charge < -0.3 is 14.6 Å². The molecule has 0 spiro atoms. The molecule has 0 atom stereocenters. The highest BCUT2D eigenvalue weighted by atomic mass is 32.1. The molecule has 1 N–H and O–H groups in total. The Morgan fingerprint density at radius 2 is 2.09 bits per heavy atom. The molecular formula is C17H25N3O2S. The molecule has 1 amide bonds. The molecule has 0 bridgehead atoms. The minimum Gasteiger partial charge on any atom is -0.383 e. The second-order valence-electron chi connectivity index (χ2n) is 5.77. The molecule has 6 heteroatoms. The Balaban J connectivity index is 2.22. The fourth-order valence-corrected chi connectivity index (χ4v) is 3.03. The Bertz CT molecular complexity index is 634. The van der Waals surface area contributed by atoms with Gasteiger partial charge in [0.15, 0.2) is 5.11 Å². The van der Waals surface area contributed by atoms with E-state index in [0.717, 1.165) is 36.3 Å². The van der Waals surface area contributed by atoms with Gasteiger partial charge in [-0.1, -0.05) is 13.3 Å². The third-order valence-corrected chi connectivity index (χ3v) is 4.45. The van der Waals surface area contributed by atoms with Crippen molar-refractivity contribution in [2.24, 2.45) is 0 Å². The van der Waals surface area contributed by atoms with E-state index in [-0.39, 0.29) is 5.91 Å². The quantitative estimate of drug-likeness (QED) is 0.615. The number of rotatable bonds is 7. The highest BCUT2D eigenvalue weighted by Crippen LogP contribution is 2.20. The lowest BCUT2D eigenvalue weighted by molar-refractivity contribution is -0.122. The summed E-state index contributed by atoms with van der Waals surface area (Å²) in [5.41, 5.74) is 3.87. The number of hydrogen-bond donors (Lipinski definition) is 1. The molecule has 5 nitrogen and oxygen atoms in total. The van der Waals surface area contributed by atoms with Crippen LogP contribution in [0.1, 0.15) is 36.7 Å². The summed E-state index contributed by atoms with van der Waals surface area (Å²) in [6.45, 7) is 8.36. The number of hydrogen-bond acceptors (Lipinski definition) is 3. The number of aryl methyl sites for hydroxylation is 1. The molecular weight excluding hydrogens is 310 g/mol. The van der Waals surface area contributed by atoms with Gasteiger partial charge in [0.1, 0.15) is 5.70 Å². The molecule has 1 aliphatic rings. The number of amides is 1. The summed E-state index contributed by atoms with van der Waals surface area (Å²) in [5.74, 6) is -0.0369. The van der Waals surface area contributed by atoms with Crippen molar-refractivity contribution in [2.75, 3.05) is 20.3 Å². The number of carbonyl (C=O) groups is 1. The van der Waals surface area contributed by atoms with Crippen LogP contribution in [0.25, 0.3) is 6.08 Å². The van der Waals surface area contributed by atoms with E-state index in [1.165, 1.54) is 0 Å². The highest BCUT2D eigenvalue weighted by Gasteiger charge is 2.30. The summed E-state index contributed by atoms with van der Waals surface area (Å²) < 4.78 is 7.35. The van der Waals surface area contributed by atoms with Crippen molar-refractivity contribution in [3.63, 3.8) is 0 Å². The fraction of sp³-hybridized carbons (Fsp3) is 0.529. The van der Waals surface area contributed by atoms with Crippen molar-refractivity contribution in [1.82, 2.24) is 14.8 Å². The van der Waals surface area contributed by atoms with Gasteiger partial charge in [-0.3, -0.25) is 9.69 Å². The normalized spacial score (nSPS) is 16.5. The number of unbranched alkanes of at least 4 members (excludes halogenated alkanes) is 1. The van der Waals surface area contributed by atoms with Gasteiger partial charge in [0, 0.05) is 31.6 Å². The second-order valence-corrected chi connectivity index (χ2v) is 6.16. The molecule has 2 rings (SSSR count). The van der Waals surface area contributed by atoms with E-state index >= 15 is 0 Å². The first kappa shape index (κ1) is 17.7. The maximum Gasteiger partial charge on any atom is 0.276 e. The van der Waals surface area contributed by atoms with Crippen LogP contribution in [0.15, 0.2) is 11.8 Å². The van der Waals surface area contributed by atoms with Gasteiger partial charge in [0.25, 0.3) is 5.91 Å². The SMILES string of the molecule is CCCCN1C(=O)C(=Cc2cc(C)n(CCOC)c2C)NC1=S. The zero-order chi connectivity index (χ0) is 17.0. The largest absolute Gasteiger partial charge is 0.383 e. The van der Waals surface area contributed by atoms with Crippen LogP contribution in [0, 0.1) is 13.8 Å². The van der Waals surface area contributed by atoms with E-state index in [4.69, 9.17) is 17.0 Å². The second kappa shape index (κ2) is 7.75. The summed E-state index contributed by atoms with van der Waals surface area (Å²) in [6, 6.07) is 2.09. The van der Waals surface area contributed by atoms with Crippen LogP contribution in [0.3, 0.4) is 0 Å². The monoisotopic (exact) mass is 335 g/mol. The summed E-state index contributed by atoms with van der Waals surface area (Å²) in [5, 5.41) is 3.55. The number of methoxy groups -OCH3 is 1. The molecule has 0 unspecified atom stereocenters. The molecule has 2 heterocycles. The zero-order valence-electron chi connectivity index (χ0n) is 14.3. The number of nitrogens with zero attached hydrogens (tertiary/aromatic N) is 2. The summed E-state index contributed by atoms with van der Waals surface area (Å²) in [6.07, 6.45) is 3.88. The predicted molar refractivity (Wildman–Crippen MR) is 96.1 cm³/mol. The van der Waals surface area contributed by atoms with Gasteiger partial charge >= 0.3 is 0 Å². The van der Waals surface area contributed by atoms with Crippen LogP contribution < -0.4 is 5.32 Å². The molecule has 0 radical (unpaired) electrons. The van der Waals surface area contributed by atoms with E-state index in [0.29, 0.717) is 24.0 Å². The molecule has 1 aromatic heterocycles. The number of ether oxygens (including phenoxy) is 1. The van der Waals surface area contributed by atoms with Crippen molar-refractivity contribution in [3.8, 4) is 0 Å². The van der Waals surface area contributed by atoms with Gasteiger partial charge in [-0.15, -0.1) is 0 Å². The smallest absolute Gasteiger partial charge is 0.276 e. The number of nitrogens with one attached hydrogen (secondary N) is 1. The van der Waals surface area contributed by atoms with Gasteiger partial charge in [0.05, 0.1) is 6.61 Å². The van der Waals surface area contributed by atoms with Gasteiger partial charge in [0.2, 0.25) is 0 Å². The lowest BCUT2D eigenvalue weighted by Gasteiger charge is -2.12. The highest BCUT2D eigenvalue weighted by molar-refractivity contribution is 7.80. The molecule has 0 aliphatic carbocycles. The number of carbonyl (C=O) groups excluding carboxylic acids is 1. The first-order valence-electron chi connectivity index (χ1n) is 7.99. The van der Waals surface area contributed by atoms with Crippen molar-refractivity contribution in [1.29, 1.82) is 0 Å². The number of thiocarbonyl (C=S) groups is 1. The third-order valence-electron chi connectivity index (χ3n) is 4.13. The minimum absolute atomic E-state index is 0.0369. The molecule has 1 aliphatic heterocycles. The Labute approximate surface area is 143 Å². The topological polar surface area (TPSA) is 46.5 Å². The Morgan fingerprint density at radius 3 is 2.74 bits per heavy atom. The summed E-state index contributed by atoms with van der Waals surface area (Å²) in [4.78, 5) is 14.1. The van der Waals surface area contributed by atoms with Gasteiger partial charge in [-0.25, -0.2) is 0 Å². The Hall–Kier alpha value is -1.66. The molecule has 1 fully saturated rings. The van der Waals surface area contributed by atoms with Crippen LogP contribution in [0.2, 0.25) is 0 Å². The lowest BCUT2D eigenvalue weighted by Crippen LogP contribution is -2.31. The molecule has 0 saturated carbocycles. The van der Waals surface area contributed by atoms with E-state index in [1.807, 2.05) is 6.08 Å². The van der Waals surface area contributed by atoms with Crippen LogP contribution in [0.4, 0.5) is 0 Å². The van der Waals surface area contributed by atoms with Crippen LogP contribution in [-0.4, -0.2) is 40.7 Å².